The molecule has 0 saturated heterocycles. The van der Waals surface area contributed by atoms with Gasteiger partial charge in [0.05, 0.1) is 6.10 Å². The minimum atomic E-state index is -3.97. The Labute approximate surface area is 105 Å². The van der Waals surface area contributed by atoms with E-state index in [0.717, 1.165) is 0 Å². The van der Waals surface area contributed by atoms with E-state index in [9.17, 15) is 8.42 Å². The summed E-state index contributed by atoms with van der Waals surface area (Å²) in [4.78, 5) is 0. The average molecular weight is 188 g/mol. The Morgan fingerprint density at radius 2 is 1.70 bits per heavy atom. The van der Waals surface area contributed by atoms with Crippen LogP contribution in [0.1, 0.15) is 6.92 Å². The molecule has 7 heteroatoms. The fraction of sp³-hybridized carbons (Fsp3) is 1.00. The first-order valence-corrected chi connectivity index (χ1v) is 3.66. The maximum atomic E-state index is 9.84. The first-order valence-electron chi connectivity index (χ1n) is 2.05. The molecule has 10 heavy (non-hydrogen) atoms. The SMILES string of the molecule is CC(O)CS(=O)(=O)O.[NaH].[NaH]. The van der Waals surface area contributed by atoms with Gasteiger partial charge in [-0.1, -0.05) is 0 Å². The predicted molar refractivity (Wildman–Crippen MR) is 42.4 cm³/mol. The standard InChI is InChI=1S/C3H8O4S.2Na.2H/c1-3(4)2-8(5,6)7;;;;/h3-4H,2H2,1H3,(H,5,6,7);;;;. The fourth-order valence-corrected chi connectivity index (χ4v) is 0.914. The van der Waals surface area contributed by atoms with Gasteiger partial charge >= 0.3 is 59.1 Å². The first-order chi connectivity index (χ1) is 3.42. The molecule has 0 bridgehead atoms. The molecule has 0 spiro atoms. The minimum absolute atomic E-state index is 0. The Morgan fingerprint density at radius 1 is 1.40 bits per heavy atom. The third-order valence-corrected chi connectivity index (χ3v) is 1.36. The van der Waals surface area contributed by atoms with Crippen molar-refractivity contribution in [1.82, 2.24) is 0 Å². The van der Waals surface area contributed by atoms with E-state index in [1.807, 2.05) is 0 Å². The van der Waals surface area contributed by atoms with Crippen molar-refractivity contribution in [3.63, 3.8) is 0 Å². The molecule has 1 unspecified atom stereocenters. The molecule has 0 aromatic heterocycles. The van der Waals surface area contributed by atoms with Gasteiger partial charge in [0.15, 0.2) is 0 Å². The van der Waals surface area contributed by atoms with Crippen LogP contribution in [0, 0.1) is 0 Å². The number of rotatable bonds is 2. The van der Waals surface area contributed by atoms with E-state index >= 15 is 0 Å². The van der Waals surface area contributed by atoms with E-state index in [0.29, 0.717) is 0 Å². The molecule has 0 aliphatic carbocycles. The van der Waals surface area contributed by atoms with Crippen LogP contribution in [0.4, 0.5) is 0 Å². The molecule has 0 aliphatic rings. The van der Waals surface area contributed by atoms with Crippen LogP contribution in [0.15, 0.2) is 0 Å². The predicted octanol–water partition coefficient (Wildman–Crippen LogP) is -2.04. The molecule has 0 fully saturated rings. The average Bonchev–Trinajstić information content (AvgIpc) is 1.21. The summed E-state index contributed by atoms with van der Waals surface area (Å²) in [5.74, 6) is -0.590. The summed E-state index contributed by atoms with van der Waals surface area (Å²) in [7, 11) is -3.97. The van der Waals surface area contributed by atoms with Crippen LogP contribution in [-0.2, 0) is 10.1 Å². The van der Waals surface area contributed by atoms with Crippen molar-refractivity contribution < 1.29 is 18.1 Å². The monoisotopic (exact) mass is 188 g/mol. The Bertz CT molecular complexity index is 152. The van der Waals surface area contributed by atoms with Gasteiger partial charge in [-0.2, -0.15) is 8.42 Å². The summed E-state index contributed by atoms with van der Waals surface area (Å²) in [5, 5.41) is 8.35. The van der Waals surface area contributed by atoms with Gasteiger partial charge in [-0.05, 0) is 6.92 Å². The number of aliphatic hydroxyl groups excluding tert-OH is 1. The van der Waals surface area contributed by atoms with Gasteiger partial charge in [-0.25, -0.2) is 0 Å². The molecule has 0 aromatic carbocycles. The number of aliphatic hydroxyl groups is 1. The van der Waals surface area contributed by atoms with Crippen molar-refractivity contribution in [2.75, 3.05) is 5.75 Å². The molecule has 54 valence electrons. The summed E-state index contributed by atoms with van der Waals surface area (Å²) in [6.45, 7) is 1.29. The van der Waals surface area contributed by atoms with Gasteiger partial charge in [0, 0.05) is 0 Å². The third-order valence-electron chi connectivity index (χ3n) is 0.452. The van der Waals surface area contributed by atoms with Crippen LogP contribution in [0.5, 0.6) is 0 Å². The number of hydrogen-bond acceptors (Lipinski definition) is 3. The molecule has 0 saturated carbocycles. The van der Waals surface area contributed by atoms with Crippen molar-refractivity contribution in [3.05, 3.63) is 0 Å². The molecule has 0 radical (unpaired) electrons. The van der Waals surface area contributed by atoms with Crippen molar-refractivity contribution in [2.45, 2.75) is 13.0 Å². The van der Waals surface area contributed by atoms with Crippen molar-refractivity contribution in [3.8, 4) is 0 Å². The molecule has 2 N–H and O–H groups in total. The molecule has 0 aromatic rings. The Kier molecular flexibility index (Phi) is 13.4. The summed E-state index contributed by atoms with van der Waals surface area (Å²) >= 11 is 0. The van der Waals surface area contributed by atoms with E-state index in [-0.39, 0.29) is 59.1 Å². The van der Waals surface area contributed by atoms with Gasteiger partial charge in [0.2, 0.25) is 0 Å². The molecule has 0 heterocycles. The van der Waals surface area contributed by atoms with Gasteiger partial charge in [-0.15, -0.1) is 0 Å². The molecule has 0 aliphatic heterocycles. The Morgan fingerprint density at radius 3 is 1.70 bits per heavy atom. The van der Waals surface area contributed by atoms with Crippen LogP contribution in [0.2, 0.25) is 0 Å². The van der Waals surface area contributed by atoms with E-state index in [2.05, 4.69) is 0 Å². The topological polar surface area (TPSA) is 74.6 Å². The molecule has 1 atom stereocenters. The summed E-state index contributed by atoms with van der Waals surface area (Å²) < 4.78 is 27.7. The van der Waals surface area contributed by atoms with Gasteiger partial charge in [-0.3, -0.25) is 4.55 Å². The third kappa shape index (κ3) is 16.5. The second-order valence-corrected chi connectivity index (χ2v) is 3.09. The Hall–Kier alpha value is 1.87. The quantitative estimate of drug-likeness (QED) is 0.386. The maximum absolute atomic E-state index is 9.84. The zero-order valence-electron chi connectivity index (χ0n) is 4.40. The van der Waals surface area contributed by atoms with Gasteiger partial charge in [0.1, 0.15) is 5.75 Å². The van der Waals surface area contributed by atoms with E-state index in [1.54, 1.807) is 0 Å². The first kappa shape index (κ1) is 17.8. The normalized spacial score (nSPS) is 12.7. The van der Waals surface area contributed by atoms with E-state index in [4.69, 9.17) is 9.66 Å². The van der Waals surface area contributed by atoms with Gasteiger partial charge < -0.3 is 5.11 Å². The molecule has 4 nitrogen and oxygen atoms in total. The van der Waals surface area contributed by atoms with Crippen molar-refractivity contribution in [1.29, 1.82) is 0 Å². The summed E-state index contributed by atoms with van der Waals surface area (Å²) in [5.41, 5.74) is 0. The molecule has 0 rings (SSSR count). The van der Waals surface area contributed by atoms with Crippen LogP contribution in [0.3, 0.4) is 0 Å². The Balaban J connectivity index is -0.000000245. The summed E-state index contributed by atoms with van der Waals surface area (Å²) in [6.07, 6.45) is -0.995. The van der Waals surface area contributed by atoms with Crippen LogP contribution in [0.25, 0.3) is 0 Å². The van der Waals surface area contributed by atoms with Crippen LogP contribution < -0.4 is 0 Å². The second kappa shape index (κ2) is 7.52. The molecule has 0 amide bonds. The molecular formula is C3H10Na2O4S. The zero-order valence-corrected chi connectivity index (χ0v) is 5.22. The van der Waals surface area contributed by atoms with Crippen LogP contribution >= 0.6 is 0 Å². The number of hydrogen-bond donors (Lipinski definition) is 2. The van der Waals surface area contributed by atoms with Crippen molar-refractivity contribution >= 4 is 69.2 Å². The summed E-state index contributed by atoms with van der Waals surface area (Å²) in [6, 6.07) is 0. The van der Waals surface area contributed by atoms with E-state index < -0.39 is 22.0 Å². The fourth-order valence-electron chi connectivity index (χ4n) is 0.305. The van der Waals surface area contributed by atoms with E-state index in [1.165, 1.54) is 6.92 Å². The van der Waals surface area contributed by atoms with Crippen LogP contribution in [-0.4, -0.2) is 89.0 Å². The van der Waals surface area contributed by atoms with Gasteiger partial charge in [0.25, 0.3) is 10.1 Å². The second-order valence-electron chi connectivity index (χ2n) is 1.60. The molecular weight excluding hydrogens is 178 g/mol. The zero-order chi connectivity index (χ0) is 6.78. The van der Waals surface area contributed by atoms with Crippen molar-refractivity contribution in [2.24, 2.45) is 0 Å².